The molecule has 0 aliphatic rings. The van der Waals surface area contributed by atoms with Crippen molar-refractivity contribution in [2.45, 2.75) is 13.8 Å². The van der Waals surface area contributed by atoms with Crippen molar-refractivity contribution < 1.29 is 9.18 Å². The summed E-state index contributed by atoms with van der Waals surface area (Å²) in [4.78, 5) is 16.0. The second-order valence-corrected chi connectivity index (χ2v) is 5.32. The molecule has 0 spiro atoms. The summed E-state index contributed by atoms with van der Waals surface area (Å²) in [6.45, 7) is 4.30. The highest BCUT2D eigenvalue weighted by molar-refractivity contribution is 9.10. The summed E-state index contributed by atoms with van der Waals surface area (Å²) in [5.74, 6) is -1.08. The molecule has 1 aromatic heterocycles. The third-order valence-corrected chi connectivity index (χ3v) is 3.76. The molecule has 4 nitrogen and oxygen atoms in total. The Morgan fingerprint density at radius 3 is 2.81 bits per heavy atom. The molecule has 2 aromatic rings. The van der Waals surface area contributed by atoms with Crippen LogP contribution in [0.25, 0.3) is 0 Å². The first-order valence-corrected chi connectivity index (χ1v) is 7.28. The van der Waals surface area contributed by atoms with Gasteiger partial charge in [-0.1, -0.05) is 22.0 Å². The maximum atomic E-state index is 14.2. The van der Waals surface area contributed by atoms with Crippen LogP contribution in [-0.4, -0.2) is 17.4 Å². The van der Waals surface area contributed by atoms with Crippen molar-refractivity contribution in [3.63, 3.8) is 0 Å². The number of carbonyl (C=O) groups excluding carboxylic acids is 1. The van der Waals surface area contributed by atoms with Crippen LogP contribution in [0.1, 0.15) is 22.8 Å². The van der Waals surface area contributed by atoms with Crippen LogP contribution in [-0.2, 0) is 0 Å². The summed E-state index contributed by atoms with van der Waals surface area (Å²) in [5.41, 5.74) is 1.61. The minimum absolute atomic E-state index is 0.0438. The van der Waals surface area contributed by atoms with Crippen LogP contribution < -0.4 is 10.6 Å². The van der Waals surface area contributed by atoms with E-state index in [1.165, 1.54) is 12.3 Å². The van der Waals surface area contributed by atoms with E-state index in [1.54, 1.807) is 12.1 Å². The van der Waals surface area contributed by atoms with E-state index in [9.17, 15) is 9.18 Å². The number of aryl methyl sites for hydroxylation is 1. The number of halogens is 2. The molecule has 1 heterocycles. The number of nitrogens with one attached hydrogen (secondary N) is 2. The summed E-state index contributed by atoms with van der Waals surface area (Å²) in [6.07, 6.45) is 1.40. The Labute approximate surface area is 130 Å². The van der Waals surface area contributed by atoms with Gasteiger partial charge in [0, 0.05) is 22.9 Å². The fourth-order valence-electron chi connectivity index (χ4n) is 1.78. The van der Waals surface area contributed by atoms with Gasteiger partial charge in [-0.2, -0.15) is 0 Å². The number of anilines is 2. The van der Waals surface area contributed by atoms with Crippen LogP contribution in [0, 0.1) is 12.7 Å². The molecule has 0 fully saturated rings. The van der Waals surface area contributed by atoms with E-state index in [2.05, 4.69) is 31.5 Å². The largest absolute Gasteiger partial charge is 0.368 e. The van der Waals surface area contributed by atoms with Crippen LogP contribution in [0.2, 0.25) is 0 Å². The Hall–Kier alpha value is -1.95. The number of hydrogen-bond donors (Lipinski definition) is 2. The molecule has 0 saturated heterocycles. The zero-order valence-corrected chi connectivity index (χ0v) is 13.3. The maximum Gasteiger partial charge on any atom is 0.258 e. The number of aromatic nitrogens is 1. The molecule has 2 N–H and O–H groups in total. The van der Waals surface area contributed by atoms with E-state index < -0.39 is 11.7 Å². The summed E-state index contributed by atoms with van der Waals surface area (Å²) < 4.78 is 15.0. The molecule has 0 radical (unpaired) electrons. The minimum Gasteiger partial charge on any atom is -0.368 e. The van der Waals surface area contributed by atoms with Crippen LogP contribution in [0.5, 0.6) is 0 Å². The lowest BCUT2D eigenvalue weighted by molar-refractivity contribution is 0.102. The van der Waals surface area contributed by atoms with Gasteiger partial charge in [-0.05, 0) is 37.6 Å². The number of hydrogen-bond acceptors (Lipinski definition) is 3. The van der Waals surface area contributed by atoms with E-state index in [0.717, 1.165) is 10.0 Å². The molecule has 6 heteroatoms. The summed E-state index contributed by atoms with van der Waals surface area (Å²) in [6, 6.07) is 6.77. The van der Waals surface area contributed by atoms with Gasteiger partial charge in [0.25, 0.3) is 5.91 Å². The van der Waals surface area contributed by atoms with Gasteiger partial charge >= 0.3 is 0 Å². The highest BCUT2D eigenvalue weighted by Gasteiger charge is 2.16. The van der Waals surface area contributed by atoms with Gasteiger partial charge in [0.1, 0.15) is 0 Å². The van der Waals surface area contributed by atoms with E-state index >= 15 is 0 Å². The number of benzene rings is 1. The molecule has 0 aliphatic heterocycles. The molecule has 0 bridgehead atoms. The summed E-state index contributed by atoms with van der Waals surface area (Å²) >= 11 is 3.39. The highest BCUT2D eigenvalue weighted by atomic mass is 79.9. The average Bonchev–Trinajstić information content (AvgIpc) is 2.45. The van der Waals surface area contributed by atoms with Crippen LogP contribution >= 0.6 is 15.9 Å². The molecular formula is C15H15BrFN3O. The van der Waals surface area contributed by atoms with E-state index in [-0.39, 0.29) is 11.4 Å². The second-order valence-electron chi connectivity index (χ2n) is 4.47. The monoisotopic (exact) mass is 351 g/mol. The molecule has 0 atom stereocenters. The zero-order valence-electron chi connectivity index (χ0n) is 11.7. The van der Waals surface area contributed by atoms with Crippen molar-refractivity contribution in [1.29, 1.82) is 0 Å². The van der Waals surface area contributed by atoms with Gasteiger partial charge in [0.05, 0.1) is 5.56 Å². The Kier molecular flexibility index (Phi) is 4.90. The molecule has 1 amide bonds. The van der Waals surface area contributed by atoms with E-state index in [4.69, 9.17) is 0 Å². The number of pyridine rings is 1. The SMILES string of the molecule is CCNc1nccc(C(=O)Nc2ccc(C)c(Br)c2)c1F. The molecule has 1 aromatic carbocycles. The average molecular weight is 352 g/mol. The van der Waals surface area contributed by atoms with Crippen LogP contribution in [0.3, 0.4) is 0 Å². The molecule has 2 rings (SSSR count). The number of rotatable bonds is 4. The first-order chi connectivity index (χ1) is 10.0. The predicted octanol–water partition coefficient (Wildman–Crippen LogP) is 3.98. The Morgan fingerprint density at radius 1 is 1.38 bits per heavy atom. The Balaban J connectivity index is 2.24. The number of carbonyl (C=O) groups is 1. The topological polar surface area (TPSA) is 54.0 Å². The van der Waals surface area contributed by atoms with Gasteiger partial charge in [-0.25, -0.2) is 9.37 Å². The Bertz CT molecular complexity index is 676. The molecule has 21 heavy (non-hydrogen) atoms. The zero-order chi connectivity index (χ0) is 15.4. The van der Waals surface area contributed by atoms with E-state index in [1.807, 2.05) is 19.9 Å². The molecule has 0 unspecified atom stereocenters. The quantitative estimate of drug-likeness (QED) is 0.875. The van der Waals surface area contributed by atoms with Gasteiger partial charge in [-0.3, -0.25) is 4.79 Å². The summed E-state index contributed by atoms with van der Waals surface area (Å²) in [7, 11) is 0. The van der Waals surface area contributed by atoms with Crippen molar-refractivity contribution in [3.8, 4) is 0 Å². The minimum atomic E-state index is -0.650. The first-order valence-electron chi connectivity index (χ1n) is 6.48. The fourth-order valence-corrected chi connectivity index (χ4v) is 2.16. The third kappa shape index (κ3) is 3.58. The van der Waals surface area contributed by atoms with Crippen molar-refractivity contribution in [2.24, 2.45) is 0 Å². The third-order valence-electron chi connectivity index (χ3n) is 2.91. The van der Waals surface area contributed by atoms with Crippen molar-refractivity contribution >= 4 is 33.3 Å². The van der Waals surface area contributed by atoms with Gasteiger partial charge in [0.2, 0.25) is 0 Å². The van der Waals surface area contributed by atoms with Gasteiger partial charge in [-0.15, -0.1) is 0 Å². The van der Waals surface area contributed by atoms with E-state index in [0.29, 0.717) is 12.2 Å². The van der Waals surface area contributed by atoms with Crippen LogP contribution in [0.4, 0.5) is 15.9 Å². The second kappa shape index (κ2) is 6.67. The van der Waals surface area contributed by atoms with Gasteiger partial charge in [0.15, 0.2) is 11.6 Å². The number of nitrogens with zero attached hydrogens (tertiary/aromatic N) is 1. The van der Waals surface area contributed by atoms with Crippen LogP contribution in [0.15, 0.2) is 34.9 Å². The van der Waals surface area contributed by atoms with Crippen molar-refractivity contribution in [3.05, 3.63) is 51.9 Å². The van der Waals surface area contributed by atoms with Gasteiger partial charge < -0.3 is 10.6 Å². The number of amides is 1. The molecule has 0 aliphatic carbocycles. The lowest BCUT2D eigenvalue weighted by Gasteiger charge is -2.10. The predicted molar refractivity (Wildman–Crippen MR) is 85.2 cm³/mol. The molecule has 0 saturated carbocycles. The highest BCUT2D eigenvalue weighted by Crippen LogP contribution is 2.22. The first kappa shape index (κ1) is 15.4. The fraction of sp³-hybridized carbons (Fsp3) is 0.200. The Morgan fingerprint density at radius 2 is 2.14 bits per heavy atom. The van der Waals surface area contributed by atoms with Crippen molar-refractivity contribution in [1.82, 2.24) is 4.98 Å². The maximum absolute atomic E-state index is 14.2. The molecular weight excluding hydrogens is 337 g/mol. The normalized spacial score (nSPS) is 10.3. The lowest BCUT2D eigenvalue weighted by Crippen LogP contribution is -2.15. The van der Waals surface area contributed by atoms with Crippen molar-refractivity contribution in [2.75, 3.05) is 17.2 Å². The smallest absolute Gasteiger partial charge is 0.258 e. The standard InChI is InChI=1S/C15H15BrFN3O/c1-3-18-14-13(17)11(6-7-19-14)15(21)20-10-5-4-9(2)12(16)8-10/h4-8H,3H2,1-2H3,(H,18,19)(H,20,21). The summed E-state index contributed by atoms with van der Waals surface area (Å²) in [5, 5.41) is 5.45. The lowest BCUT2D eigenvalue weighted by atomic mass is 10.2. The molecule has 110 valence electrons.